The fourth-order valence-electron chi connectivity index (χ4n) is 3.50. The Kier molecular flexibility index (Phi) is 10.8. The molecular formula is C18H45O7Si7. The minimum atomic E-state index is -3.14. The Morgan fingerprint density at radius 3 is 1.47 bits per heavy atom. The maximum Gasteiger partial charge on any atom is 0.469 e. The smallest absolute Gasteiger partial charge is 0.416 e. The summed E-state index contributed by atoms with van der Waals surface area (Å²) in [6, 6.07) is 2.26. The molecule has 0 spiro atoms. The second-order valence-corrected chi connectivity index (χ2v) is 32.9. The molecule has 187 valence electrons. The third-order valence-electron chi connectivity index (χ3n) is 5.54. The first kappa shape index (κ1) is 30.7. The van der Waals surface area contributed by atoms with Gasteiger partial charge in [-0.1, -0.05) is 32.2 Å². The van der Waals surface area contributed by atoms with Crippen molar-refractivity contribution in [1.29, 1.82) is 0 Å². The summed E-state index contributed by atoms with van der Waals surface area (Å²) in [4.78, 5) is 0. The SMILES string of the molecule is C=C[Si](C)O[Si]1(C)O[Si](C)(CC)O[Si](C)(CC)O[Si](C)(O[Si](C)(C)C=C)O[Si](C)(CC)O1. The topological polar surface area (TPSA) is 64.6 Å². The lowest BCUT2D eigenvalue weighted by molar-refractivity contribution is 0.159. The van der Waals surface area contributed by atoms with E-state index < -0.39 is 60.6 Å². The van der Waals surface area contributed by atoms with Crippen molar-refractivity contribution in [1.82, 2.24) is 0 Å². The van der Waals surface area contributed by atoms with Crippen LogP contribution in [0, 0.1) is 0 Å². The molecule has 0 aromatic heterocycles. The Morgan fingerprint density at radius 1 is 0.750 bits per heavy atom. The normalized spacial score (nSPS) is 39.6. The van der Waals surface area contributed by atoms with Crippen LogP contribution in [0.2, 0.25) is 70.5 Å². The van der Waals surface area contributed by atoms with Crippen molar-refractivity contribution >= 4 is 60.6 Å². The average molecular weight is 570 g/mol. The zero-order valence-corrected chi connectivity index (χ0v) is 29.0. The lowest BCUT2D eigenvalue weighted by Crippen LogP contribution is -2.69. The maximum absolute atomic E-state index is 6.83. The molecule has 0 aromatic carbocycles. The molecule has 1 aliphatic heterocycles. The fraction of sp³-hybridized carbons (Fsp3) is 0.778. The summed E-state index contributed by atoms with van der Waals surface area (Å²) in [5.41, 5.74) is 3.78. The van der Waals surface area contributed by atoms with Gasteiger partial charge in [0.1, 0.15) is 0 Å². The van der Waals surface area contributed by atoms with Crippen LogP contribution in [0.1, 0.15) is 20.8 Å². The molecule has 5 unspecified atom stereocenters. The quantitative estimate of drug-likeness (QED) is 0.325. The molecular weight excluding hydrogens is 525 g/mol. The van der Waals surface area contributed by atoms with Gasteiger partial charge in [-0.2, -0.15) is 0 Å². The first-order valence-corrected chi connectivity index (χ1v) is 28.4. The summed E-state index contributed by atoms with van der Waals surface area (Å²) >= 11 is 0. The highest BCUT2D eigenvalue weighted by molar-refractivity contribution is 6.95. The van der Waals surface area contributed by atoms with Gasteiger partial charge in [0.15, 0.2) is 0 Å². The molecule has 32 heavy (non-hydrogen) atoms. The van der Waals surface area contributed by atoms with E-state index in [0.717, 1.165) is 18.1 Å². The monoisotopic (exact) mass is 569 g/mol. The van der Waals surface area contributed by atoms with E-state index in [0.29, 0.717) is 0 Å². The summed E-state index contributed by atoms with van der Waals surface area (Å²) in [5, 5.41) is 0. The highest BCUT2D eigenvalue weighted by Gasteiger charge is 2.59. The van der Waals surface area contributed by atoms with E-state index in [1.54, 1.807) is 0 Å². The predicted molar refractivity (Wildman–Crippen MR) is 147 cm³/mol. The molecule has 0 aromatic rings. The fourth-order valence-corrected chi connectivity index (χ4v) is 34.9. The Balaban J connectivity index is 3.65. The summed E-state index contributed by atoms with van der Waals surface area (Å²) < 4.78 is 47.2. The first-order chi connectivity index (χ1) is 14.4. The van der Waals surface area contributed by atoms with Gasteiger partial charge in [0.05, 0.1) is 0 Å². The van der Waals surface area contributed by atoms with E-state index in [1.807, 2.05) is 31.0 Å². The van der Waals surface area contributed by atoms with Crippen LogP contribution in [0.4, 0.5) is 0 Å². The van der Waals surface area contributed by atoms with E-state index in [4.69, 9.17) is 28.8 Å². The molecule has 1 fully saturated rings. The van der Waals surface area contributed by atoms with Crippen LogP contribution in [0.3, 0.4) is 0 Å². The van der Waals surface area contributed by atoms with E-state index in [1.165, 1.54) is 0 Å². The Morgan fingerprint density at radius 2 is 1.12 bits per heavy atom. The van der Waals surface area contributed by atoms with Gasteiger partial charge in [-0.3, -0.25) is 0 Å². The average Bonchev–Trinajstić information content (AvgIpc) is 2.65. The molecule has 0 aliphatic carbocycles. The molecule has 0 saturated carbocycles. The lowest BCUT2D eigenvalue weighted by atomic mass is 11.0. The van der Waals surface area contributed by atoms with Gasteiger partial charge in [-0.25, -0.2) is 0 Å². The first-order valence-electron chi connectivity index (χ1n) is 11.4. The van der Waals surface area contributed by atoms with Gasteiger partial charge in [0, 0.05) is 13.1 Å². The van der Waals surface area contributed by atoms with Crippen molar-refractivity contribution in [2.24, 2.45) is 0 Å². The zero-order chi connectivity index (χ0) is 25.1. The van der Waals surface area contributed by atoms with Crippen LogP contribution in [0.15, 0.2) is 24.6 Å². The lowest BCUT2D eigenvalue weighted by Gasteiger charge is -2.49. The predicted octanol–water partition coefficient (Wildman–Crippen LogP) is 5.81. The highest BCUT2D eigenvalue weighted by atomic mass is 28.6. The minimum Gasteiger partial charge on any atom is -0.416 e. The van der Waals surface area contributed by atoms with Crippen LogP contribution < -0.4 is 0 Å². The standard InChI is InChI=1S/C18H45O7Si7/c1-14-26(6)19-31(12)22-28(9,16-3)21-29(10,17-4)24-32(13,20-27(7,8)15-2)25-30(11,18-5)23-31/h14-15H,1-2,16-18H2,3-13H3. The molecule has 1 rings (SSSR count). The zero-order valence-electron chi connectivity index (χ0n) is 22.0. The Bertz CT molecular complexity index is 674. The van der Waals surface area contributed by atoms with Gasteiger partial charge >= 0.3 is 43.3 Å². The second kappa shape index (κ2) is 11.2. The van der Waals surface area contributed by atoms with E-state index in [2.05, 4.69) is 66.7 Å². The largest absolute Gasteiger partial charge is 0.469 e. The van der Waals surface area contributed by atoms with Crippen molar-refractivity contribution in [2.75, 3.05) is 0 Å². The number of rotatable bonds is 9. The van der Waals surface area contributed by atoms with Crippen molar-refractivity contribution in [3.63, 3.8) is 0 Å². The molecule has 1 saturated heterocycles. The van der Waals surface area contributed by atoms with Gasteiger partial charge in [-0.05, 0) is 57.4 Å². The molecule has 1 heterocycles. The molecule has 1 radical (unpaired) electrons. The minimum absolute atomic E-state index is 0.725. The second-order valence-electron chi connectivity index (χ2n) is 9.52. The van der Waals surface area contributed by atoms with Crippen molar-refractivity contribution in [3.8, 4) is 0 Å². The molecule has 14 heteroatoms. The summed E-state index contributed by atoms with van der Waals surface area (Å²) in [7, 11) is -17.9. The molecule has 5 atom stereocenters. The Hall–Kier alpha value is 0.718. The summed E-state index contributed by atoms with van der Waals surface area (Å²) in [6.45, 7) is 30.7. The molecule has 7 nitrogen and oxygen atoms in total. The van der Waals surface area contributed by atoms with Gasteiger partial charge < -0.3 is 28.8 Å². The number of hydrogen-bond donors (Lipinski definition) is 0. The Labute approximate surface area is 204 Å². The third-order valence-corrected chi connectivity index (χ3v) is 33.6. The number of hydrogen-bond acceptors (Lipinski definition) is 7. The molecule has 0 N–H and O–H groups in total. The maximum atomic E-state index is 6.83. The van der Waals surface area contributed by atoms with E-state index in [9.17, 15) is 0 Å². The van der Waals surface area contributed by atoms with Crippen LogP contribution in [0.5, 0.6) is 0 Å². The van der Waals surface area contributed by atoms with Crippen LogP contribution in [-0.4, -0.2) is 60.6 Å². The summed E-state index contributed by atoms with van der Waals surface area (Å²) in [5.74, 6) is 0. The third kappa shape index (κ3) is 8.74. The van der Waals surface area contributed by atoms with Gasteiger partial charge in [0.2, 0.25) is 17.4 Å². The van der Waals surface area contributed by atoms with Gasteiger partial charge in [-0.15, -0.1) is 13.2 Å². The summed E-state index contributed by atoms with van der Waals surface area (Å²) in [6.07, 6.45) is 0. The molecule has 0 amide bonds. The van der Waals surface area contributed by atoms with Crippen molar-refractivity contribution < 1.29 is 28.8 Å². The van der Waals surface area contributed by atoms with Crippen LogP contribution in [0.25, 0.3) is 0 Å². The van der Waals surface area contributed by atoms with Crippen LogP contribution >= 0.6 is 0 Å². The molecule has 0 bridgehead atoms. The molecule has 1 aliphatic rings. The van der Waals surface area contributed by atoms with Crippen molar-refractivity contribution in [2.45, 2.75) is 91.3 Å². The van der Waals surface area contributed by atoms with E-state index in [-0.39, 0.29) is 0 Å². The van der Waals surface area contributed by atoms with E-state index >= 15 is 0 Å². The van der Waals surface area contributed by atoms with Crippen molar-refractivity contribution in [3.05, 3.63) is 24.6 Å². The highest BCUT2D eigenvalue weighted by Crippen LogP contribution is 2.36. The van der Waals surface area contributed by atoms with Gasteiger partial charge in [0.25, 0.3) is 0 Å². The van der Waals surface area contributed by atoms with Crippen LogP contribution in [-0.2, 0) is 28.8 Å².